The van der Waals surface area contributed by atoms with Gasteiger partial charge < -0.3 is 39.2 Å². The van der Waals surface area contributed by atoms with Crippen LogP contribution in [-0.4, -0.2) is 110 Å². The molecule has 3 aromatic heterocycles. The van der Waals surface area contributed by atoms with Crippen LogP contribution in [0.25, 0.3) is 11.0 Å². The van der Waals surface area contributed by atoms with Crippen molar-refractivity contribution < 1.29 is 33.4 Å². The number of aryl methyl sites for hydroxylation is 1. The van der Waals surface area contributed by atoms with Crippen molar-refractivity contribution in [1.29, 1.82) is 0 Å². The third kappa shape index (κ3) is 6.14. The molecule has 15 nitrogen and oxygen atoms in total. The fourth-order valence-corrected chi connectivity index (χ4v) is 6.01. The normalized spacial score (nSPS) is 25.1. The molecular weight excluding hydrogens is 555 g/mol. The van der Waals surface area contributed by atoms with Crippen molar-refractivity contribution in [3.63, 3.8) is 0 Å². The van der Waals surface area contributed by atoms with E-state index >= 15 is 0 Å². The number of esters is 1. The number of hydrogen-bond acceptors (Lipinski definition) is 13. The van der Waals surface area contributed by atoms with Crippen molar-refractivity contribution in [2.75, 3.05) is 52.7 Å². The highest BCUT2D eigenvalue weighted by molar-refractivity contribution is 7.49. The number of imidazole rings is 1. The lowest BCUT2D eigenvalue weighted by atomic mass is 10.2. The Labute approximate surface area is 236 Å². The Morgan fingerprint density at radius 1 is 1.32 bits per heavy atom. The Hall–Kier alpha value is -3.35. The second-order valence-electron chi connectivity index (χ2n) is 10.1. The van der Waals surface area contributed by atoms with Gasteiger partial charge >= 0.3 is 5.97 Å². The minimum atomic E-state index is -4.48. The average molecular weight is 588 g/mol. The fourth-order valence-electron chi connectivity index (χ4n) is 4.92. The number of nitrogens with two attached hydrogens (primary N) is 1. The van der Waals surface area contributed by atoms with Crippen molar-refractivity contribution in [1.82, 2.24) is 33.7 Å². The molecule has 5 atom stereocenters. The first kappa shape index (κ1) is 29.2. The highest BCUT2D eigenvalue weighted by atomic mass is 31.2. The van der Waals surface area contributed by atoms with Gasteiger partial charge in [-0.05, 0) is 21.0 Å². The van der Waals surface area contributed by atoms with E-state index in [4.69, 9.17) is 19.7 Å². The first-order valence-electron chi connectivity index (χ1n) is 13.0. The number of aliphatic hydroxyl groups excluding tert-OH is 1. The third-order valence-corrected chi connectivity index (χ3v) is 8.68. The number of aromatic nitrogens is 5. The van der Waals surface area contributed by atoms with Gasteiger partial charge in [-0.25, -0.2) is 15.0 Å². The van der Waals surface area contributed by atoms with Crippen molar-refractivity contribution in [2.45, 2.75) is 37.8 Å². The number of ether oxygens (including phenoxy) is 2. The molecule has 0 aliphatic carbocycles. The molecule has 16 heteroatoms. The van der Waals surface area contributed by atoms with E-state index < -0.39 is 32.8 Å². The topological polar surface area (TPSA) is 186 Å². The lowest BCUT2D eigenvalue weighted by Gasteiger charge is -2.35. The smallest absolute Gasteiger partial charge is 0.325 e. The second kappa shape index (κ2) is 11.9. The van der Waals surface area contributed by atoms with Gasteiger partial charge in [0.1, 0.15) is 42.0 Å². The minimum Gasteiger partial charge on any atom is -0.761 e. The zero-order valence-corrected chi connectivity index (χ0v) is 23.8. The molecule has 0 saturated carbocycles. The van der Waals surface area contributed by atoms with Crippen molar-refractivity contribution in [2.24, 2.45) is 0 Å². The van der Waals surface area contributed by atoms with Gasteiger partial charge in [0.15, 0.2) is 6.61 Å². The molecule has 5 rings (SSSR count). The zero-order valence-electron chi connectivity index (χ0n) is 22.9. The maximum Gasteiger partial charge on any atom is 0.325 e. The van der Waals surface area contributed by atoms with E-state index in [1.54, 1.807) is 10.8 Å². The van der Waals surface area contributed by atoms with E-state index in [0.717, 1.165) is 17.4 Å². The van der Waals surface area contributed by atoms with Crippen molar-refractivity contribution >= 4 is 30.6 Å². The number of anilines is 1. The van der Waals surface area contributed by atoms with Crippen LogP contribution in [0.15, 0.2) is 24.9 Å². The van der Waals surface area contributed by atoms with E-state index in [2.05, 4.69) is 31.7 Å². The highest BCUT2D eigenvalue weighted by Gasteiger charge is 2.37. The molecule has 41 heavy (non-hydrogen) atoms. The largest absolute Gasteiger partial charge is 0.761 e. The minimum absolute atomic E-state index is 0.114. The van der Waals surface area contributed by atoms with Gasteiger partial charge in [-0.15, -0.1) is 0 Å². The monoisotopic (exact) mass is 587 g/mol. The summed E-state index contributed by atoms with van der Waals surface area (Å²) in [4.78, 5) is 41.4. The lowest BCUT2D eigenvalue weighted by Crippen LogP contribution is -2.54. The van der Waals surface area contributed by atoms with E-state index in [-0.39, 0.29) is 36.7 Å². The molecule has 5 heterocycles. The van der Waals surface area contributed by atoms with Gasteiger partial charge in [-0.3, -0.25) is 18.6 Å². The quantitative estimate of drug-likeness (QED) is 0.202. The molecule has 0 bridgehead atoms. The highest BCUT2D eigenvalue weighted by Crippen LogP contribution is 2.41. The molecule has 2 aliphatic rings. The van der Waals surface area contributed by atoms with E-state index in [9.17, 15) is 19.4 Å². The molecular formula is C25H32N8O7P-. The van der Waals surface area contributed by atoms with Crippen LogP contribution in [0, 0.1) is 18.8 Å². The Morgan fingerprint density at radius 2 is 2.12 bits per heavy atom. The Balaban J connectivity index is 1.28. The Bertz CT molecular complexity index is 1530. The molecule has 2 aliphatic heterocycles. The van der Waals surface area contributed by atoms with Gasteiger partial charge in [-0.1, -0.05) is 11.8 Å². The van der Waals surface area contributed by atoms with Gasteiger partial charge in [0.25, 0.3) is 0 Å². The molecule has 0 amide bonds. The number of nitrogen functional groups attached to an aromatic ring is 1. The molecule has 2 fully saturated rings. The maximum absolute atomic E-state index is 12.6. The summed E-state index contributed by atoms with van der Waals surface area (Å²) >= 11 is 0. The van der Waals surface area contributed by atoms with E-state index in [1.165, 1.54) is 25.6 Å². The standard InChI is InChI=1S/C25H33N8O7P/c1-16-27-6-7-33(16)41(36,37)39-14-20-19(34)11-21(40-20)32-12-17(22-23(26)28-15-29-24(22)32)5-4-10-38-25(35)18-13-30(2)8-9-31(18)3/h6-7,12,15,18-21,34H,8-11,13-14H2,1-3H3,(H,36,37)(H2,26,28,29)/p-1/t18?,19?,20-,21-/m1/s1. The van der Waals surface area contributed by atoms with Gasteiger partial charge in [0.05, 0.1) is 23.7 Å². The third-order valence-electron chi connectivity index (χ3n) is 7.25. The number of aliphatic hydroxyl groups is 1. The van der Waals surface area contributed by atoms with Crippen molar-refractivity contribution in [3.8, 4) is 11.8 Å². The molecule has 220 valence electrons. The number of nitrogens with zero attached hydrogens (tertiary/aromatic N) is 7. The van der Waals surface area contributed by atoms with Gasteiger partial charge in [0, 0.05) is 44.6 Å². The molecule has 0 spiro atoms. The number of piperazine rings is 1. The number of carbonyl (C=O) groups excluding carboxylic acids is 1. The van der Waals surface area contributed by atoms with Crippen LogP contribution in [0.3, 0.4) is 0 Å². The summed E-state index contributed by atoms with van der Waals surface area (Å²) in [5.41, 5.74) is 7.06. The summed E-state index contributed by atoms with van der Waals surface area (Å²) in [6.45, 7) is 3.26. The van der Waals surface area contributed by atoms with Crippen LogP contribution in [0.1, 0.15) is 24.0 Å². The predicted octanol–water partition coefficient (Wildman–Crippen LogP) is -0.659. The average Bonchev–Trinajstić information content (AvgIpc) is 3.64. The molecule has 3 aromatic rings. The van der Waals surface area contributed by atoms with Crippen molar-refractivity contribution in [3.05, 3.63) is 36.3 Å². The number of fused-ring (bicyclic) bond motifs is 1. The van der Waals surface area contributed by atoms with Gasteiger partial charge in [0.2, 0.25) is 7.75 Å². The first-order valence-corrected chi connectivity index (χ1v) is 14.5. The predicted molar refractivity (Wildman–Crippen MR) is 144 cm³/mol. The van der Waals surface area contributed by atoms with E-state index in [1.807, 2.05) is 19.0 Å². The zero-order chi connectivity index (χ0) is 29.3. The molecule has 3 unspecified atom stereocenters. The Morgan fingerprint density at radius 3 is 2.88 bits per heavy atom. The summed E-state index contributed by atoms with van der Waals surface area (Å²) in [6.07, 6.45) is 3.11. The van der Waals surface area contributed by atoms with Crippen LogP contribution in [0.2, 0.25) is 0 Å². The van der Waals surface area contributed by atoms with E-state index in [0.29, 0.717) is 23.1 Å². The fraction of sp³-hybridized carbons (Fsp3) is 0.520. The van der Waals surface area contributed by atoms with Crippen LogP contribution < -0.4 is 10.6 Å². The number of likely N-dealkylation sites (N-methyl/N-ethyl adjacent to an activating group) is 2. The Kier molecular flexibility index (Phi) is 8.44. The van der Waals surface area contributed by atoms with Crippen LogP contribution in [0.5, 0.6) is 0 Å². The van der Waals surface area contributed by atoms with Crippen LogP contribution >= 0.6 is 7.75 Å². The summed E-state index contributed by atoms with van der Waals surface area (Å²) in [5.74, 6) is 5.95. The first-order chi connectivity index (χ1) is 19.5. The molecule has 0 aromatic carbocycles. The number of rotatable bonds is 7. The molecule has 3 N–H and O–H groups in total. The summed E-state index contributed by atoms with van der Waals surface area (Å²) in [7, 11) is -0.625. The van der Waals surface area contributed by atoms with Crippen LogP contribution in [-0.2, 0) is 23.4 Å². The number of hydrogen-bond donors (Lipinski definition) is 2. The molecule has 0 radical (unpaired) electrons. The lowest BCUT2D eigenvalue weighted by molar-refractivity contribution is -0.205. The summed E-state index contributed by atoms with van der Waals surface area (Å²) in [5, 5.41) is 11.1. The second-order valence-corrected chi connectivity index (χ2v) is 11.7. The maximum atomic E-state index is 12.6. The van der Waals surface area contributed by atoms with Crippen LogP contribution in [0.4, 0.5) is 5.82 Å². The summed E-state index contributed by atoms with van der Waals surface area (Å²) < 4.78 is 31.7. The SMILES string of the molecule is Cc1nccn1P(=O)([O-])OC[C@H]1O[C@@H](n2cc(C#CCOC(=O)C3CN(C)CCN3C)c3c(N)ncnc32)CC1O. The molecule has 2 saturated heterocycles. The summed E-state index contributed by atoms with van der Waals surface area (Å²) in [6, 6.07) is -0.358. The number of carbonyl (C=O) groups is 1. The van der Waals surface area contributed by atoms with Gasteiger partial charge in [-0.2, -0.15) is 0 Å².